The van der Waals surface area contributed by atoms with Crippen LogP contribution in [0.1, 0.15) is 17.3 Å². The van der Waals surface area contributed by atoms with E-state index in [1.807, 2.05) is 0 Å². The minimum atomic E-state index is -0.0895. The molecule has 0 amide bonds. The smallest absolute Gasteiger partial charge is 0.203 e. The first-order valence-electron chi connectivity index (χ1n) is 4.21. The maximum atomic E-state index is 10.5. The van der Waals surface area contributed by atoms with Crippen molar-refractivity contribution in [2.75, 3.05) is 13.7 Å². The van der Waals surface area contributed by atoms with E-state index in [1.165, 1.54) is 19.2 Å². The third-order valence-electron chi connectivity index (χ3n) is 1.70. The molecule has 14 heavy (non-hydrogen) atoms. The highest BCUT2D eigenvalue weighted by Gasteiger charge is 2.11. The molecule has 1 rings (SSSR count). The van der Waals surface area contributed by atoms with Crippen molar-refractivity contribution in [2.45, 2.75) is 6.92 Å². The number of phenolic OH excluding ortho intramolecular Hbond substituents is 1. The highest BCUT2D eigenvalue weighted by atomic mass is 16.5. The molecule has 0 atom stereocenters. The van der Waals surface area contributed by atoms with Gasteiger partial charge in [0, 0.05) is 5.56 Å². The number of ether oxygens (including phenoxy) is 2. The van der Waals surface area contributed by atoms with Gasteiger partial charge in [0.25, 0.3) is 0 Å². The van der Waals surface area contributed by atoms with E-state index >= 15 is 0 Å². The molecule has 0 fully saturated rings. The number of phenols is 1. The molecule has 4 heteroatoms. The van der Waals surface area contributed by atoms with Crippen LogP contribution in [-0.2, 0) is 0 Å². The first kappa shape index (κ1) is 10.4. The molecule has 0 bridgehead atoms. The summed E-state index contributed by atoms with van der Waals surface area (Å²) in [4.78, 5) is 10.5. The molecule has 76 valence electrons. The predicted octanol–water partition coefficient (Wildman–Crippen LogP) is 1.61. The van der Waals surface area contributed by atoms with Crippen molar-refractivity contribution < 1.29 is 19.4 Å². The van der Waals surface area contributed by atoms with Crippen LogP contribution in [0.2, 0.25) is 0 Å². The minimum Gasteiger partial charge on any atom is -0.504 e. The normalized spacial score (nSPS) is 9.57. The number of hydrogen-bond donors (Lipinski definition) is 1. The van der Waals surface area contributed by atoms with Gasteiger partial charge in [0.2, 0.25) is 5.75 Å². The average Bonchev–Trinajstić information content (AvgIpc) is 2.20. The van der Waals surface area contributed by atoms with Gasteiger partial charge in [-0.3, -0.25) is 4.79 Å². The van der Waals surface area contributed by atoms with Gasteiger partial charge in [-0.05, 0) is 19.1 Å². The van der Waals surface area contributed by atoms with Gasteiger partial charge >= 0.3 is 0 Å². The Labute approximate surface area is 82.1 Å². The van der Waals surface area contributed by atoms with Crippen LogP contribution in [0.25, 0.3) is 0 Å². The number of aromatic hydroxyl groups is 1. The Hall–Kier alpha value is -1.71. The van der Waals surface area contributed by atoms with Crippen molar-refractivity contribution >= 4 is 6.29 Å². The lowest BCUT2D eigenvalue weighted by Gasteiger charge is -2.11. The predicted molar refractivity (Wildman–Crippen MR) is 51.2 cm³/mol. The zero-order chi connectivity index (χ0) is 10.6. The monoisotopic (exact) mass is 196 g/mol. The molecule has 0 aliphatic rings. The standard InChI is InChI=1S/C10H12O4/c1-3-14-10-8(12)4-7(6-11)5-9(10)13-2/h4-6,12H,3H2,1-2H3. The largest absolute Gasteiger partial charge is 0.504 e. The maximum absolute atomic E-state index is 10.5. The summed E-state index contributed by atoms with van der Waals surface area (Å²) in [7, 11) is 1.45. The number of benzene rings is 1. The summed E-state index contributed by atoms with van der Waals surface area (Å²) in [6.07, 6.45) is 0.637. The quantitative estimate of drug-likeness (QED) is 0.743. The summed E-state index contributed by atoms with van der Waals surface area (Å²) in [5, 5.41) is 9.50. The number of methoxy groups -OCH3 is 1. The highest BCUT2D eigenvalue weighted by molar-refractivity contribution is 5.78. The van der Waals surface area contributed by atoms with Crippen molar-refractivity contribution in [2.24, 2.45) is 0 Å². The summed E-state index contributed by atoms with van der Waals surface area (Å²) in [6, 6.07) is 2.85. The van der Waals surface area contributed by atoms with Crippen LogP contribution in [0.3, 0.4) is 0 Å². The fourth-order valence-corrected chi connectivity index (χ4v) is 1.12. The van der Waals surface area contributed by atoms with Crippen molar-refractivity contribution in [1.29, 1.82) is 0 Å². The average molecular weight is 196 g/mol. The van der Waals surface area contributed by atoms with Crippen LogP contribution in [0, 0.1) is 0 Å². The third-order valence-corrected chi connectivity index (χ3v) is 1.70. The molecule has 1 aromatic carbocycles. The molecule has 1 aromatic rings. The Morgan fingerprint density at radius 3 is 2.71 bits per heavy atom. The Morgan fingerprint density at radius 2 is 2.21 bits per heavy atom. The first-order valence-corrected chi connectivity index (χ1v) is 4.21. The van der Waals surface area contributed by atoms with Crippen molar-refractivity contribution in [3.05, 3.63) is 17.7 Å². The second-order valence-electron chi connectivity index (χ2n) is 2.62. The molecule has 4 nitrogen and oxygen atoms in total. The first-order chi connectivity index (χ1) is 6.72. The molecule has 0 aromatic heterocycles. The van der Waals surface area contributed by atoms with E-state index in [4.69, 9.17) is 9.47 Å². The van der Waals surface area contributed by atoms with Gasteiger partial charge in [0.15, 0.2) is 11.5 Å². The Morgan fingerprint density at radius 1 is 1.50 bits per heavy atom. The Bertz CT molecular complexity index is 333. The topological polar surface area (TPSA) is 55.8 Å². The summed E-state index contributed by atoms with van der Waals surface area (Å²) in [6.45, 7) is 2.22. The second kappa shape index (κ2) is 4.50. The van der Waals surface area contributed by atoms with Gasteiger partial charge in [-0.25, -0.2) is 0 Å². The van der Waals surface area contributed by atoms with Crippen molar-refractivity contribution in [3.8, 4) is 17.2 Å². The Kier molecular flexibility index (Phi) is 3.34. The molecule has 0 aliphatic heterocycles. The molecular weight excluding hydrogens is 184 g/mol. The van der Waals surface area contributed by atoms with Gasteiger partial charge < -0.3 is 14.6 Å². The van der Waals surface area contributed by atoms with E-state index in [9.17, 15) is 9.90 Å². The number of hydrogen-bond acceptors (Lipinski definition) is 4. The minimum absolute atomic E-state index is 0.0895. The van der Waals surface area contributed by atoms with Gasteiger partial charge in [-0.15, -0.1) is 0 Å². The van der Waals surface area contributed by atoms with Crippen LogP contribution in [0.5, 0.6) is 17.2 Å². The number of carbonyl (C=O) groups excluding carboxylic acids is 1. The van der Waals surface area contributed by atoms with Crippen LogP contribution in [0.15, 0.2) is 12.1 Å². The number of aldehydes is 1. The van der Waals surface area contributed by atoms with Gasteiger partial charge in [0.1, 0.15) is 6.29 Å². The molecular formula is C10H12O4. The zero-order valence-electron chi connectivity index (χ0n) is 8.11. The highest BCUT2D eigenvalue weighted by Crippen LogP contribution is 2.37. The lowest BCUT2D eigenvalue weighted by molar-refractivity contribution is 0.112. The summed E-state index contributed by atoms with van der Waals surface area (Å²) in [5.74, 6) is 0.530. The summed E-state index contributed by atoms with van der Waals surface area (Å²) in [5.41, 5.74) is 0.350. The summed E-state index contributed by atoms with van der Waals surface area (Å²) < 4.78 is 10.1. The van der Waals surface area contributed by atoms with Crippen LogP contribution in [-0.4, -0.2) is 25.1 Å². The van der Waals surface area contributed by atoms with E-state index < -0.39 is 0 Å². The lowest BCUT2D eigenvalue weighted by Crippen LogP contribution is -1.96. The van der Waals surface area contributed by atoms with E-state index in [0.29, 0.717) is 24.2 Å². The van der Waals surface area contributed by atoms with Gasteiger partial charge in [-0.2, -0.15) is 0 Å². The number of rotatable bonds is 4. The summed E-state index contributed by atoms with van der Waals surface area (Å²) >= 11 is 0. The molecule has 0 spiro atoms. The molecule has 0 heterocycles. The van der Waals surface area contributed by atoms with Gasteiger partial charge in [0.05, 0.1) is 13.7 Å². The molecule has 0 saturated carbocycles. The fourth-order valence-electron chi connectivity index (χ4n) is 1.12. The SMILES string of the molecule is CCOc1c(O)cc(C=O)cc1OC. The van der Waals surface area contributed by atoms with E-state index in [1.54, 1.807) is 6.92 Å². The van der Waals surface area contributed by atoms with E-state index in [-0.39, 0.29) is 11.5 Å². The van der Waals surface area contributed by atoms with Crippen LogP contribution in [0.4, 0.5) is 0 Å². The third kappa shape index (κ3) is 1.96. The van der Waals surface area contributed by atoms with Crippen LogP contribution < -0.4 is 9.47 Å². The lowest BCUT2D eigenvalue weighted by atomic mass is 10.2. The fraction of sp³-hybridized carbons (Fsp3) is 0.300. The van der Waals surface area contributed by atoms with Crippen molar-refractivity contribution in [3.63, 3.8) is 0 Å². The van der Waals surface area contributed by atoms with Crippen molar-refractivity contribution in [1.82, 2.24) is 0 Å². The number of carbonyl (C=O) groups is 1. The molecule has 0 radical (unpaired) electrons. The van der Waals surface area contributed by atoms with E-state index in [0.717, 1.165) is 0 Å². The van der Waals surface area contributed by atoms with Gasteiger partial charge in [-0.1, -0.05) is 0 Å². The zero-order valence-corrected chi connectivity index (χ0v) is 8.11. The Balaban J connectivity index is 3.19. The molecule has 0 aliphatic carbocycles. The maximum Gasteiger partial charge on any atom is 0.203 e. The van der Waals surface area contributed by atoms with E-state index in [2.05, 4.69) is 0 Å². The molecule has 0 saturated heterocycles. The molecule has 1 N–H and O–H groups in total. The second-order valence-corrected chi connectivity index (χ2v) is 2.62. The molecule has 0 unspecified atom stereocenters. The van der Waals surface area contributed by atoms with Crippen LogP contribution >= 0.6 is 0 Å².